The number of nitrogens with zero attached hydrogens (tertiary/aromatic N) is 1. The number of halogens is 1. The highest BCUT2D eigenvalue weighted by Gasteiger charge is 2.38. The van der Waals surface area contributed by atoms with Gasteiger partial charge in [0.25, 0.3) is 0 Å². The van der Waals surface area contributed by atoms with Crippen molar-refractivity contribution in [2.24, 2.45) is 11.7 Å². The van der Waals surface area contributed by atoms with Crippen LogP contribution in [0.2, 0.25) is 0 Å². The van der Waals surface area contributed by atoms with Gasteiger partial charge in [-0.05, 0) is 62.3 Å². The molecule has 1 aromatic rings. The van der Waals surface area contributed by atoms with Gasteiger partial charge in [0.05, 0.1) is 0 Å². The standard InChI is InChI=1S/C17H25BrN2/c1-12-7-8-14(10-15(12)18)17(11-19)20-9-3-5-13-4-2-6-16(13)20/h7-8,10,13,16-17H,2-6,9,11,19H2,1H3. The third kappa shape index (κ3) is 2.68. The first-order valence-corrected chi connectivity index (χ1v) is 8.72. The molecule has 3 atom stereocenters. The number of nitrogens with two attached hydrogens (primary N) is 1. The summed E-state index contributed by atoms with van der Waals surface area (Å²) >= 11 is 3.66. The Balaban J connectivity index is 1.86. The molecule has 110 valence electrons. The van der Waals surface area contributed by atoms with Crippen LogP contribution in [-0.4, -0.2) is 24.0 Å². The Morgan fingerprint density at radius 2 is 2.10 bits per heavy atom. The summed E-state index contributed by atoms with van der Waals surface area (Å²) in [4.78, 5) is 2.71. The van der Waals surface area contributed by atoms with Crippen molar-refractivity contribution in [1.82, 2.24) is 4.90 Å². The lowest BCUT2D eigenvalue weighted by atomic mass is 9.89. The maximum Gasteiger partial charge on any atom is 0.0473 e. The summed E-state index contributed by atoms with van der Waals surface area (Å²) < 4.78 is 1.20. The van der Waals surface area contributed by atoms with Gasteiger partial charge in [-0.15, -0.1) is 0 Å². The van der Waals surface area contributed by atoms with E-state index in [2.05, 4.69) is 46.0 Å². The average molecular weight is 337 g/mol. The number of likely N-dealkylation sites (tertiary alicyclic amines) is 1. The SMILES string of the molecule is Cc1ccc(C(CN)N2CCCC3CCCC32)cc1Br. The number of fused-ring (bicyclic) bond motifs is 1. The molecule has 1 saturated heterocycles. The molecule has 2 fully saturated rings. The molecular formula is C17H25BrN2. The lowest BCUT2D eigenvalue weighted by Gasteiger charge is -2.42. The van der Waals surface area contributed by atoms with Crippen LogP contribution < -0.4 is 5.73 Å². The molecule has 3 unspecified atom stereocenters. The number of piperidine rings is 1. The molecule has 0 amide bonds. The minimum atomic E-state index is 0.387. The van der Waals surface area contributed by atoms with Gasteiger partial charge in [-0.2, -0.15) is 0 Å². The zero-order valence-corrected chi connectivity index (χ0v) is 13.9. The summed E-state index contributed by atoms with van der Waals surface area (Å²) in [6.45, 7) is 4.08. The maximum atomic E-state index is 6.15. The van der Waals surface area contributed by atoms with Crippen molar-refractivity contribution in [3.05, 3.63) is 33.8 Å². The van der Waals surface area contributed by atoms with E-state index >= 15 is 0 Å². The predicted octanol–water partition coefficient (Wildman–Crippen LogP) is 4.02. The summed E-state index contributed by atoms with van der Waals surface area (Å²) in [5.41, 5.74) is 8.82. The van der Waals surface area contributed by atoms with Crippen LogP contribution >= 0.6 is 15.9 Å². The molecule has 1 aliphatic heterocycles. The summed E-state index contributed by atoms with van der Waals surface area (Å²) in [6, 6.07) is 7.90. The molecule has 2 aliphatic rings. The van der Waals surface area contributed by atoms with E-state index in [0.29, 0.717) is 6.04 Å². The first kappa shape index (κ1) is 14.6. The molecule has 1 aliphatic carbocycles. The molecule has 0 spiro atoms. The Hall–Kier alpha value is -0.380. The molecule has 0 aromatic heterocycles. The van der Waals surface area contributed by atoms with E-state index < -0.39 is 0 Å². The van der Waals surface area contributed by atoms with Gasteiger partial charge in [0.15, 0.2) is 0 Å². The van der Waals surface area contributed by atoms with Crippen molar-refractivity contribution in [2.75, 3.05) is 13.1 Å². The number of hydrogen-bond donors (Lipinski definition) is 1. The molecule has 1 heterocycles. The Morgan fingerprint density at radius 1 is 1.30 bits per heavy atom. The van der Waals surface area contributed by atoms with Crippen LogP contribution in [0.4, 0.5) is 0 Å². The predicted molar refractivity (Wildman–Crippen MR) is 87.7 cm³/mol. The van der Waals surface area contributed by atoms with Crippen LogP contribution in [0.25, 0.3) is 0 Å². The summed E-state index contributed by atoms with van der Waals surface area (Å²) in [7, 11) is 0. The van der Waals surface area contributed by atoms with Gasteiger partial charge in [-0.25, -0.2) is 0 Å². The Labute approximate surface area is 130 Å². The minimum absolute atomic E-state index is 0.387. The normalized spacial score (nSPS) is 28.4. The Kier molecular flexibility index (Phi) is 4.49. The Bertz CT molecular complexity index is 474. The summed E-state index contributed by atoms with van der Waals surface area (Å²) in [6.07, 6.45) is 6.96. The molecule has 2 N–H and O–H groups in total. The second-order valence-electron chi connectivity index (χ2n) is 6.40. The largest absolute Gasteiger partial charge is 0.329 e. The van der Waals surface area contributed by atoms with Gasteiger partial charge < -0.3 is 5.73 Å². The molecule has 0 radical (unpaired) electrons. The quantitative estimate of drug-likeness (QED) is 0.903. The highest BCUT2D eigenvalue weighted by atomic mass is 79.9. The fourth-order valence-corrected chi connectivity index (χ4v) is 4.56. The van der Waals surface area contributed by atoms with Crippen LogP contribution in [0, 0.1) is 12.8 Å². The van der Waals surface area contributed by atoms with Gasteiger partial charge in [-0.3, -0.25) is 4.90 Å². The molecule has 20 heavy (non-hydrogen) atoms. The zero-order chi connectivity index (χ0) is 14.1. The lowest BCUT2D eigenvalue weighted by Crippen LogP contribution is -2.46. The third-order valence-electron chi connectivity index (χ3n) is 5.24. The fraction of sp³-hybridized carbons (Fsp3) is 0.647. The Morgan fingerprint density at radius 3 is 2.85 bits per heavy atom. The van der Waals surface area contributed by atoms with Crippen LogP contribution in [-0.2, 0) is 0 Å². The van der Waals surface area contributed by atoms with Crippen molar-refractivity contribution in [1.29, 1.82) is 0 Å². The van der Waals surface area contributed by atoms with Crippen molar-refractivity contribution < 1.29 is 0 Å². The number of aryl methyl sites for hydroxylation is 1. The first-order chi connectivity index (χ1) is 9.70. The first-order valence-electron chi connectivity index (χ1n) is 7.92. The van der Waals surface area contributed by atoms with Crippen LogP contribution in [0.3, 0.4) is 0 Å². The average Bonchev–Trinajstić information content (AvgIpc) is 2.93. The highest BCUT2D eigenvalue weighted by Crippen LogP contribution is 2.40. The monoisotopic (exact) mass is 336 g/mol. The van der Waals surface area contributed by atoms with Crippen molar-refractivity contribution in [2.45, 2.75) is 51.1 Å². The van der Waals surface area contributed by atoms with Crippen LogP contribution in [0.5, 0.6) is 0 Å². The third-order valence-corrected chi connectivity index (χ3v) is 6.09. The van der Waals surface area contributed by atoms with E-state index in [1.54, 1.807) is 0 Å². The van der Waals surface area contributed by atoms with Gasteiger partial charge in [0.2, 0.25) is 0 Å². The van der Waals surface area contributed by atoms with Gasteiger partial charge in [0.1, 0.15) is 0 Å². The topological polar surface area (TPSA) is 29.3 Å². The van der Waals surface area contributed by atoms with Crippen molar-refractivity contribution >= 4 is 15.9 Å². The lowest BCUT2D eigenvalue weighted by molar-refractivity contribution is 0.0701. The maximum absolute atomic E-state index is 6.15. The number of hydrogen-bond acceptors (Lipinski definition) is 2. The molecule has 1 aromatic carbocycles. The van der Waals surface area contributed by atoms with E-state index in [0.717, 1.165) is 18.5 Å². The molecule has 3 heteroatoms. The van der Waals surface area contributed by atoms with Crippen LogP contribution in [0.1, 0.15) is 49.3 Å². The molecule has 0 bridgehead atoms. The molecular weight excluding hydrogens is 312 g/mol. The highest BCUT2D eigenvalue weighted by molar-refractivity contribution is 9.10. The van der Waals surface area contributed by atoms with E-state index in [-0.39, 0.29) is 0 Å². The minimum Gasteiger partial charge on any atom is -0.329 e. The van der Waals surface area contributed by atoms with Crippen molar-refractivity contribution in [3.63, 3.8) is 0 Å². The van der Waals surface area contributed by atoms with Gasteiger partial charge >= 0.3 is 0 Å². The smallest absolute Gasteiger partial charge is 0.0473 e. The molecule has 3 rings (SSSR count). The molecule has 1 saturated carbocycles. The second-order valence-corrected chi connectivity index (χ2v) is 7.25. The van der Waals surface area contributed by atoms with Gasteiger partial charge in [0, 0.05) is 23.1 Å². The van der Waals surface area contributed by atoms with Crippen LogP contribution in [0.15, 0.2) is 22.7 Å². The van der Waals surface area contributed by atoms with Crippen molar-refractivity contribution in [3.8, 4) is 0 Å². The van der Waals surface area contributed by atoms with E-state index in [1.165, 1.54) is 54.2 Å². The molecule has 2 nitrogen and oxygen atoms in total. The van der Waals surface area contributed by atoms with E-state index in [9.17, 15) is 0 Å². The van der Waals surface area contributed by atoms with E-state index in [4.69, 9.17) is 5.73 Å². The number of rotatable bonds is 3. The number of benzene rings is 1. The zero-order valence-electron chi connectivity index (χ0n) is 12.3. The summed E-state index contributed by atoms with van der Waals surface area (Å²) in [5, 5.41) is 0. The fourth-order valence-electron chi connectivity index (χ4n) is 4.16. The second kappa shape index (κ2) is 6.17. The van der Waals surface area contributed by atoms with E-state index in [1.807, 2.05) is 0 Å². The van der Waals surface area contributed by atoms with Gasteiger partial charge in [-0.1, -0.05) is 34.5 Å². The summed E-state index contributed by atoms with van der Waals surface area (Å²) in [5.74, 6) is 0.923.